The van der Waals surface area contributed by atoms with Gasteiger partial charge in [0.15, 0.2) is 11.6 Å². The highest BCUT2D eigenvalue weighted by Crippen LogP contribution is 2.34. The summed E-state index contributed by atoms with van der Waals surface area (Å²) in [6, 6.07) is 21.9. The molecule has 0 unspecified atom stereocenters. The van der Waals surface area contributed by atoms with Crippen LogP contribution in [0.15, 0.2) is 72.8 Å². The van der Waals surface area contributed by atoms with E-state index in [0.29, 0.717) is 22.4 Å². The van der Waals surface area contributed by atoms with E-state index in [0.717, 1.165) is 70.6 Å². The number of nitrogens with two attached hydrogens (primary N) is 2. The van der Waals surface area contributed by atoms with Crippen LogP contribution in [-0.4, -0.2) is 32.8 Å². The fourth-order valence-corrected chi connectivity index (χ4v) is 5.45. The van der Waals surface area contributed by atoms with Gasteiger partial charge in [-0.1, -0.05) is 27.7 Å². The van der Waals surface area contributed by atoms with Gasteiger partial charge in [0.2, 0.25) is 0 Å². The zero-order valence-electron chi connectivity index (χ0n) is 26.6. The van der Waals surface area contributed by atoms with Gasteiger partial charge in [0.05, 0.1) is 7.11 Å². The normalized spacial score (nSPS) is 10.5. The van der Waals surface area contributed by atoms with E-state index >= 15 is 0 Å². The van der Waals surface area contributed by atoms with Crippen LogP contribution in [0.25, 0.3) is 0 Å². The van der Waals surface area contributed by atoms with Crippen molar-refractivity contribution in [1.82, 2.24) is 0 Å². The molecule has 6 nitrogen and oxygen atoms in total. The quantitative estimate of drug-likeness (QED) is 0.151. The fraction of sp³-hybridized carbons (Fsp3) is 0.297. The first kappa shape index (κ1) is 32.9. The van der Waals surface area contributed by atoms with Crippen molar-refractivity contribution in [3.8, 4) is 5.75 Å². The summed E-state index contributed by atoms with van der Waals surface area (Å²) in [5.74, 6) is 0.848. The molecule has 0 amide bonds. The van der Waals surface area contributed by atoms with Gasteiger partial charge in [-0.25, -0.2) is 0 Å². The maximum atomic E-state index is 13.3. The van der Waals surface area contributed by atoms with E-state index in [-0.39, 0.29) is 11.6 Å². The van der Waals surface area contributed by atoms with Gasteiger partial charge in [0.1, 0.15) is 5.75 Å². The summed E-state index contributed by atoms with van der Waals surface area (Å²) >= 11 is 0. The number of anilines is 3. The van der Waals surface area contributed by atoms with E-state index in [4.69, 9.17) is 16.2 Å². The molecular formula is C37H45N3O3. The van der Waals surface area contributed by atoms with Crippen molar-refractivity contribution in [3.05, 3.63) is 117 Å². The molecule has 43 heavy (non-hydrogen) atoms. The van der Waals surface area contributed by atoms with Gasteiger partial charge < -0.3 is 21.1 Å². The number of nitrogen functional groups attached to an aromatic ring is 2. The van der Waals surface area contributed by atoms with Crippen LogP contribution in [0.5, 0.6) is 5.75 Å². The Hall–Kier alpha value is -4.58. The molecule has 0 saturated carbocycles. The Morgan fingerprint density at radius 2 is 1.00 bits per heavy atom. The van der Waals surface area contributed by atoms with Gasteiger partial charge in [0.25, 0.3) is 0 Å². The first-order valence-electron chi connectivity index (χ1n) is 14.9. The smallest absolute Gasteiger partial charge is 0.193 e. The van der Waals surface area contributed by atoms with Crippen molar-refractivity contribution >= 4 is 28.6 Å². The minimum atomic E-state index is 0.0213. The molecular weight excluding hydrogens is 534 g/mol. The van der Waals surface area contributed by atoms with Crippen molar-refractivity contribution in [3.63, 3.8) is 0 Å². The highest BCUT2D eigenvalue weighted by molar-refractivity contribution is 6.12. The van der Waals surface area contributed by atoms with Crippen molar-refractivity contribution in [1.29, 1.82) is 0 Å². The van der Waals surface area contributed by atoms with Crippen LogP contribution in [0, 0.1) is 0 Å². The van der Waals surface area contributed by atoms with Crippen LogP contribution < -0.4 is 21.1 Å². The fourth-order valence-electron chi connectivity index (χ4n) is 5.45. The molecule has 0 radical (unpaired) electrons. The monoisotopic (exact) mass is 579 g/mol. The number of hydrogen-bond acceptors (Lipinski definition) is 6. The zero-order chi connectivity index (χ0) is 31.7. The first-order valence-corrected chi connectivity index (χ1v) is 14.9. The highest BCUT2D eigenvalue weighted by atomic mass is 16.5. The molecule has 0 aliphatic carbocycles. The summed E-state index contributed by atoms with van der Waals surface area (Å²) in [5.41, 5.74) is 22.2. The summed E-state index contributed by atoms with van der Waals surface area (Å²) in [7, 11) is 5.55. The van der Waals surface area contributed by atoms with Crippen LogP contribution >= 0.6 is 0 Å². The van der Waals surface area contributed by atoms with Crippen LogP contribution in [0.2, 0.25) is 0 Å². The van der Waals surface area contributed by atoms with Crippen molar-refractivity contribution in [2.75, 3.05) is 37.6 Å². The van der Waals surface area contributed by atoms with Crippen molar-refractivity contribution in [2.24, 2.45) is 0 Å². The Bertz CT molecular complexity index is 1510. The van der Waals surface area contributed by atoms with Crippen molar-refractivity contribution in [2.45, 2.75) is 53.4 Å². The number of nitrogens with zero attached hydrogens (tertiary/aromatic N) is 1. The molecule has 0 saturated heterocycles. The van der Waals surface area contributed by atoms with Gasteiger partial charge in [-0.3, -0.25) is 9.59 Å². The summed E-state index contributed by atoms with van der Waals surface area (Å²) < 4.78 is 5.08. The Morgan fingerprint density at radius 1 is 0.605 bits per heavy atom. The summed E-state index contributed by atoms with van der Waals surface area (Å²) in [5, 5.41) is 0. The molecule has 0 aromatic heterocycles. The Kier molecular flexibility index (Phi) is 11.5. The lowest BCUT2D eigenvalue weighted by Crippen LogP contribution is -2.16. The topological polar surface area (TPSA) is 98.6 Å². The SMILES string of the molecule is CCc1c(N)c(CC)c(CC)c(C(=O)c2ccc(N)cc2)c1CC.COc1ccc(C(=O)c2ccc(N(C)C)cc2)cc1. The van der Waals surface area contributed by atoms with E-state index in [1.165, 1.54) is 0 Å². The molecule has 0 spiro atoms. The summed E-state index contributed by atoms with van der Waals surface area (Å²) in [6.07, 6.45) is 3.29. The van der Waals surface area contributed by atoms with Gasteiger partial charge in [0, 0.05) is 53.4 Å². The van der Waals surface area contributed by atoms with E-state index < -0.39 is 0 Å². The van der Waals surface area contributed by atoms with Crippen molar-refractivity contribution < 1.29 is 14.3 Å². The number of rotatable bonds is 10. The first-order chi connectivity index (χ1) is 20.6. The number of ether oxygens (including phenoxy) is 1. The van der Waals surface area contributed by atoms with Crippen LogP contribution in [0.4, 0.5) is 17.1 Å². The van der Waals surface area contributed by atoms with Gasteiger partial charge in [-0.15, -0.1) is 0 Å². The largest absolute Gasteiger partial charge is 0.497 e. The molecule has 0 bridgehead atoms. The maximum absolute atomic E-state index is 13.3. The molecule has 226 valence electrons. The Morgan fingerprint density at radius 3 is 1.40 bits per heavy atom. The van der Waals surface area contributed by atoms with Gasteiger partial charge >= 0.3 is 0 Å². The third-order valence-corrected chi connectivity index (χ3v) is 7.79. The Balaban J connectivity index is 0.000000242. The maximum Gasteiger partial charge on any atom is 0.193 e. The number of hydrogen-bond donors (Lipinski definition) is 2. The second-order valence-corrected chi connectivity index (χ2v) is 10.6. The average Bonchev–Trinajstić information content (AvgIpc) is 3.04. The molecule has 0 aliphatic rings. The molecule has 4 aromatic rings. The molecule has 0 fully saturated rings. The van der Waals surface area contributed by atoms with E-state index in [1.807, 2.05) is 55.4 Å². The minimum absolute atomic E-state index is 0.0213. The lowest BCUT2D eigenvalue weighted by atomic mass is 9.82. The number of ketones is 2. The predicted octanol–water partition coefficient (Wildman–Crippen LogP) is 7.32. The number of benzene rings is 4. The van der Waals surface area contributed by atoms with E-state index in [9.17, 15) is 9.59 Å². The van der Waals surface area contributed by atoms with Crippen LogP contribution in [0.1, 0.15) is 81.8 Å². The van der Waals surface area contributed by atoms with E-state index in [2.05, 4.69) is 27.7 Å². The lowest BCUT2D eigenvalue weighted by Gasteiger charge is -2.23. The molecule has 0 aliphatic heterocycles. The zero-order valence-corrected chi connectivity index (χ0v) is 26.6. The summed E-state index contributed by atoms with van der Waals surface area (Å²) in [4.78, 5) is 27.6. The molecule has 4 N–H and O–H groups in total. The van der Waals surface area contributed by atoms with Crippen LogP contribution in [0.3, 0.4) is 0 Å². The third-order valence-electron chi connectivity index (χ3n) is 7.79. The molecule has 4 aromatic carbocycles. The molecule has 6 heteroatoms. The minimum Gasteiger partial charge on any atom is -0.497 e. The molecule has 0 heterocycles. The van der Waals surface area contributed by atoms with Gasteiger partial charge in [-0.2, -0.15) is 0 Å². The lowest BCUT2D eigenvalue weighted by molar-refractivity contribution is 0.103. The van der Waals surface area contributed by atoms with Crippen LogP contribution in [-0.2, 0) is 25.7 Å². The molecule has 4 rings (SSSR count). The highest BCUT2D eigenvalue weighted by Gasteiger charge is 2.24. The number of carbonyl (C=O) groups excluding carboxylic acids is 2. The second-order valence-electron chi connectivity index (χ2n) is 10.6. The third kappa shape index (κ3) is 7.44. The van der Waals surface area contributed by atoms with E-state index in [1.54, 1.807) is 43.5 Å². The summed E-state index contributed by atoms with van der Waals surface area (Å²) in [6.45, 7) is 8.40. The van der Waals surface area contributed by atoms with Gasteiger partial charge in [-0.05, 0) is 121 Å². The second kappa shape index (κ2) is 15.1. The molecule has 0 atom stereocenters. The average molecular weight is 580 g/mol. The Labute approximate surface area is 256 Å². The standard InChI is InChI=1S/C21H28N2O.C16H17NO2/c1-5-15-17(7-3)20(23)18(8-4)16(6-2)19(15)21(24)13-9-11-14(22)12-10-13;1-17(2)14-8-4-12(5-9-14)16(18)13-6-10-15(19-3)11-7-13/h9-12H,5-8,22-23H2,1-4H3;4-11H,1-3H3. The number of methoxy groups -OCH3 is 1. The number of carbonyl (C=O) groups is 2. The predicted molar refractivity (Wildman–Crippen MR) is 180 cm³/mol.